The maximum atomic E-state index is 5.98. The SMILES string of the molecule is COCOc1ccc(B2OC(C)(C)C(C)(C)O2)cc1. The van der Waals surface area contributed by atoms with Crippen LogP contribution in [0, 0.1) is 0 Å². The summed E-state index contributed by atoms with van der Waals surface area (Å²) in [6, 6.07) is 7.68. The topological polar surface area (TPSA) is 36.9 Å². The monoisotopic (exact) mass is 264 g/mol. The highest BCUT2D eigenvalue weighted by atomic mass is 16.7. The summed E-state index contributed by atoms with van der Waals surface area (Å²) in [5.41, 5.74) is 0.356. The number of methoxy groups -OCH3 is 1. The molecule has 0 N–H and O–H groups in total. The van der Waals surface area contributed by atoms with Crippen LogP contribution < -0.4 is 10.2 Å². The van der Waals surface area contributed by atoms with E-state index in [0.29, 0.717) is 0 Å². The van der Waals surface area contributed by atoms with E-state index in [2.05, 4.69) is 0 Å². The Morgan fingerprint density at radius 1 is 1.00 bits per heavy atom. The number of ether oxygens (including phenoxy) is 2. The number of rotatable bonds is 4. The van der Waals surface area contributed by atoms with Crippen LogP contribution in [0.5, 0.6) is 5.75 Å². The quantitative estimate of drug-likeness (QED) is 0.615. The summed E-state index contributed by atoms with van der Waals surface area (Å²) in [4.78, 5) is 0. The molecule has 0 spiro atoms. The van der Waals surface area contributed by atoms with E-state index in [1.807, 2.05) is 52.0 Å². The van der Waals surface area contributed by atoms with Crippen molar-refractivity contribution in [3.63, 3.8) is 0 Å². The fourth-order valence-electron chi connectivity index (χ4n) is 1.83. The molecule has 0 bridgehead atoms. The van der Waals surface area contributed by atoms with E-state index in [1.165, 1.54) is 0 Å². The average molecular weight is 264 g/mol. The molecule has 0 radical (unpaired) electrons. The van der Waals surface area contributed by atoms with Gasteiger partial charge in [0.15, 0.2) is 6.79 Å². The summed E-state index contributed by atoms with van der Waals surface area (Å²) in [6.45, 7) is 8.42. The van der Waals surface area contributed by atoms with Crippen LogP contribution in [0.25, 0.3) is 0 Å². The van der Waals surface area contributed by atoms with Gasteiger partial charge in [0, 0.05) is 7.11 Å². The molecule has 4 nitrogen and oxygen atoms in total. The molecular formula is C14H21BO4. The molecule has 1 fully saturated rings. The van der Waals surface area contributed by atoms with Crippen molar-refractivity contribution in [2.75, 3.05) is 13.9 Å². The van der Waals surface area contributed by atoms with E-state index in [-0.39, 0.29) is 25.1 Å². The molecule has 1 saturated heterocycles. The molecule has 0 amide bonds. The molecule has 0 atom stereocenters. The largest absolute Gasteiger partial charge is 0.494 e. The van der Waals surface area contributed by atoms with Crippen LogP contribution in [0.2, 0.25) is 0 Å². The van der Waals surface area contributed by atoms with Gasteiger partial charge in [-0.2, -0.15) is 0 Å². The van der Waals surface area contributed by atoms with Crippen LogP contribution in [-0.4, -0.2) is 32.2 Å². The van der Waals surface area contributed by atoms with Crippen molar-refractivity contribution in [1.29, 1.82) is 0 Å². The molecule has 19 heavy (non-hydrogen) atoms. The van der Waals surface area contributed by atoms with Gasteiger partial charge >= 0.3 is 7.12 Å². The van der Waals surface area contributed by atoms with Crippen molar-refractivity contribution >= 4 is 12.6 Å². The van der Waals surface area contributed by atoms with Crippen molar-refractivity contribution in [3.05, 3.63) is 24.3 Å². The third kappa shape index (κ3) is 2.94. The van der Waals surface area contributed by atoms with Crippen LogP contribution in [0.3, 0.4) is 0 Å². The second-order valence-electron chi connectivity index (χ2n) is 5.71. The molecular weight excluding hydrogens is 243 g/mol. The Bertz CT molecular complexity index is 412. The first kappa shape index (κ1) is 14.4. The zero-order valence-corrected chi connectivity index (χ0v) is 12.2. The van der Waals surface area contributed by atoms with Crippen molar-refractivity contribution in [1.82, 2.24) is 0 Å². The summed E-state index contributed by atoms with van der Waals surface area (Å²) in [7, 11) is 1.26. The summed E-state index contributed by atoms with van der Waals surface area (Å²) >= 11 is 0. The third-order valence-corrected chi connectivity index (χ3v) is 3.75. The first-order chi connectivity index (χ1) is 8.86. The van der Waals surface area contributed by atoms with Gasteiger partial charge in [-0.25, -0.2) is 0 Å². The van der Waals surface area contributed by atoms with E-state index < -0.39 is 0 Å². The Hall–Kier alpha value is -1.04. The normalized spacial score (nSPS) is 20.6. The van der Waals surface area contributed by atoms with E-state index in [0.717, 1.165) is 11.2 Å². The Balaban J connectivity index is 2.08. The van der Waals surface area contributed by atoms with Crippen LogP contribution in [-0.2, 0) is 14.0 Å². The minimum atomic E-state index is -0.332. The fraction of sp³-hybridized carbons (Fsp3) is 0.571. The van der Waals surface area contributed by atoms with Crippen molar-refractivity contribution in [2.45, 2.75) is 38.9 Å². The number of benzene rings is 1. The van der Waals surface area contributed by atoms with Gasteiger partial charge in [-0.05, 0) is 45.3 Å². The molecule has 1 aliphatic heterocycles. The van der Waals surface area contributed by atoms with Crippen molar-refractivity contribution in [2.24, 2.45) is 0 Å². The van der Waals surface area contributed by atoms with Crippen LogP contribution >= 0.6 is 0 Å². The molecule has 0 unspecified atom stereocenters. The van der Waals surface area contributed by atoms with E-state index >= 15 is 0 Å². The summed E-state index contributed by atoms with van der Waals surface area (Å²) in [6.07, 6.45) is 0. The molecule has 0 aromatic heterocycles. The summed E-state index contributed by atoms with van der Waals surface area (Å²) < 4.78 is 22.2. The van der Waals surface area contributed by atoms with E-state index in [4.69, 9.17) is 18.8 Å². The van der Waals surface area contributed by atoms with Crippen LogP contribution in [0.1, 0.15) is 27.7 Å². The van der Waals surface area contributed by atoms with Gasteiger partial charge in [-0.1, -0.05) is 12.1 Å². The molecule has 0 aliphatic carbocycles. The zero-order chi connectivity index (χ0) is 14.1. The number of hydrogen-bond donors (Lipinski definition) is 0. The van der Waals surface area contributed by atoms with E-state index in [9.17, 15) is 0 Å². The first-order valence-corrected chi connectivity index (χ1v) is 6.43. The Morgan fingerprint density at radius 2 is 1.53 bits per heavy atom. The Labute approximate surface area is 115 Å². The van der Waals surface area contributed by atoms with Crippen LogP contribution in [0.15, 0.2) is 24.3 Å². The lowest BCUT2D eigenvalue weighted by Crippen LogP contribution is -2.41. The maximum absolute atomic E-state index is 5.98. The van der Waals surface area contributed by atoms with Gasteiger partial charge in [0.2, 0.25) is 0 Å². The maximum Gasteiger partial charge on any atom is 0.494 e. The Morgan fingerprint density at radius 3 is 2.00 bits per heavy atom. The highest BCUT2D eigenvalue weighted by molar-refractivity contribution is 6.62. The van der Waals surface area contributed by atoms with Gasteiger partial charge in [-0.15, -0.1) is 0 Å². The number of hydrogen-bond acceptors (Lipinski definition) is 4. The molecule has 104 valence electrons. The highest BCUT2D eigenvalue weighted by Crippen LogP contribution is 2.36. The lowest BCUT2D eigenvalue weighted by Gasteiger charge is -2.32. The standard InChI is InChI=1S/C14H21BO4/c1-13(2)14(3,4)19-15(18-13)11-6-8-12(9-7-11)17-10-16-5/h6-9H,10H2,1-5H3. The van der Waals surface area contributed by atoms with E-state index in [1.54, 1.807) is 7.11 Å². The highest BCUT2D eigenvalue weighted by Gasteiger charge is 2.51. The minimum Gasteiger partial charge on any atom is -0.468 e. The predicted octanol–water partition coefficient (Wildman–Crippen LogP) is 1.97. The second kappa shape index (κ2) is 5.15. The van der Waals surface area contributed by atoms with Gasteiger partial charge in [0.25, 0.3) is 0 Å². The Kier molecular flexibility index (Phi) is 3.90. The molecule has 1 heterocycles. The second-order valence-corrected chi connectivity index (χ2v) is 5.71. The molecule has 5 heteroatoms. The molecule has 1 aromatic rings. The third-order valence-electron chi connectivity index (χ3n) is 3.75. The fourth-order valence-corrected chi connectivity index (χ4v) is 1.83. The lowest BCUT2D eigenvalue weighted by molar-refractivity contribution is 0.00578. The van der Waals surface area contributed by atoms with Gasteiger partial charge in [0.05, 0.1) is 11.2 Å². The first-order valence-electron chi connectivity index (χ1n) is 6.43. The predicted molar refractivity (Wildman–Crippen MR) is 74.7 cm³/mol. The molecule has 0 saturated carbocycles. The smallest absolute Gasteiger partial charge is 0.468 e. The zero-order valence-electron chi connectivity index (χ0n) is 12.2. The van der Waals surface area contributed by atoms with Gasteiger partial charge < -0.3 is 18.8 Å². The molecule has 1 aliphatic rings. The minimum absolute atomic E-state index is 0.246. The molecule has 2 rings (SSSR count). The summed E-state index contributed by atoms with van der Waals surface area (Å²) in [5, 5.41) is 0. The van der Waals surface area contributed by atoms with Crippen molar-refractivity contribution < 1.29 is 18.8 Å². The summed E-state index contributed by atoms with van der Waals surface area (Å²) in [5.74, 6) is 0.766. The molecule has 1 aromatic carbocycles. The van der Waals surface area contributed by atoms with Gasteiger partial charge in [-0.3, -0.25) is 0 Å². The van der Waals surface area contributed by atoms with Gasteiger partial charge in [0.1, 0.15) is 5.75 Å². The lowest BCUT2D eigenvalue weighted by atomic mass is 9.79. The van der Waals surface area contributed by atoms with Crippen LogP contribution in [0.4, 0.5) is 0 Å². The van der Waals surface area contributed by atoms with Crippen molar-refractivity contribution in [3.8, 4) is 5.75 Å². The average Bonchev–Trinajstić information content (AvgIpc) is 2.56.